The van der Waals surface area contributed by atoms with Gasteiger partial charge in [0.15, 0.2) is 0 Å². The number of phenols is 1. The van der Waals surface area contributed by atoms with Gasteiger partial charge in [-0.2, -0.15) is 0 Å². The van der Waals surface area contributed by atoms with Crippen molar-refractivity contribution in [2.75, 3.05) is 13.6 Å². The molecule has 0 heterocycles. The van der Waals surface area contributed by atoms with E-state index in [1.165, 1.54) is 0 Å². The minimum Gasteiger partial charge on any atom is -0.508 e. The van der Waals surface area contributed by atoms with E-state index in [1.54, 1.807) is 30.1 Å². The first-order chi connectivity index (χ1) is 8.42. The van der Waals surface area contributed by atoms with E-state index in [9.17, 15) is 9.90 Å². The number of hydrogen-bond donors (Lipinski definition) is 2. The number of benzene rings is 1. The molecule has 0 aromatic heterocycles. The predicted molar refractivity (Wildman–Crippen MR) is 72.0 cm³/mol. The SMILES string of the molecule is CCC(C)(CN)C(=O)N(C)Cc1cccc(O)c1. The van der Waals surface area contributed by atoms with Gasteiger partial charge in [0.1, 0.15) is 5.75 Å². The highest BCUT2D eigenvalue weighted by Crippen LogP contribution is 2.23. The lowest BCUT2D eigenvalue weighted by atomic mass is 9.86. The number of carbonyl (C=O) groups excluding carboxylic acids is 1. The molecule has 100 valence electrons. The van der Waals surface area contributed by atoms with Crippen molar-refractivity contribution in [3.8, 4) is 5.75 Å². The van der Waals surface area contributed by atoms with Gasteiger partial charge in [-0.1, -0.05) is 19.1 Å². The predicted octanol–water partition coefficient (Wildman–Crippen LogP) is 1.73. The van der Waals surface area contributed by atoms with Crippen LogP contribution in [0.25, 0.3) is 0 Å². The van der Waals surface area contributed by atoms with Gasteiger partial charge in [0.05, 0.1) is 5.41 Å². The van der Waals surface area contributed by atoms with E-state index in [2.05, 4.69) is 0 Å². The zero-order chi connectivity index (χ0) is 13.8. The van der Waals surface area contributed by atoms with Crippen molar-refractivity contribution in [1.29, 1.82) is 0 Å². The van der Waals surface area contributed by atoms with Crippen LogP contribution in [0.4, 0.5) is 0 Å². The second-order valence-corrected chi connectivity index (χ2v) is 4.95. The number of aromatic hydroxyl groups is 1. The summed E-state index contributed by atoms with van der Waals surface area (Å²) in [4.78, 5) is 14.0. The highest BCUT2D eigenvalue weighted by atomic mass is 16.3. The van der Waals surface area contributed by atoms with E-state index in [0.29, 0.717) is 19.5 Å². The monoisotopic (exact) mass is 250 g/mol. The molecule has 1 amide bonds. The van der Waals surface area contributed by atoms with Crippen molar-refractivity contribution in [2.24, 2.45) is 11.1 Å². The average molecular weight is 250 g/mol. The van der Waals surface area contributed by atoms with E-state index in [-0.39, 0.29) is 11.7 Å². The van der Waals surface area contributed by atoms with E-state index >= 15 is 0 Å². The van der Waals surface area contributed by atoms with Crippen molar-refractivity contribution in [3.63, 3.8) is 0 Å². The molecule has 0 radical (unpaired) electrons. The Kier molecular flexibility index (Phi) is 4.73. The molecule has 1 unspecified atom stereocenters. The first kappa shape index (κ1) is 14.5. The highest BCUT2D eigenvalue weighted by Gasteiger charge is 2.32. The lowest BCUT2D eigenvalue weighted by Crippen LogP contribution is -2.44. The Hall–Kier alpha value is -1.55. The minimum atomic E-state index is -0.508. The third-order valence-electron chi connectivity index (χ3n) is 3.42. The van der Waals surface area contributed by atoms with Crippen LogP contribution in [0, 0.1) is 5.41 Å². The lowest BCUT2D eigenvalue weighted by molar-refractivity contribution is -0.140. The van der Waals surface area contributed by atoms with Crippen LogP contribution < -0.4 is 5.73 Å². The maximum absolute atomic E-state index is 12.3. The quantitative estimate of drug-likeness (QED) is 0.836. The molecular weight excluding hydrogens is 228 g/mol. The number of nitrogens with zero attached hydrogens (tertiary/aromatic N) is 1. The van der Waals surface area contributed by atoms with Crippen LogP contribution in [0.1, 0.15) is 25.8 Å². The molecule has 1 aromatic carbocycles. The third-order valence-corrected chi connectivity index (χ3v) is 3.42. The van der Waals surface area contributed by atoms with Crippen LogP contribution in [0.2, 0.25) is 0 Å². The Morgan fingerprint density at radius 3 is 2.67 bits per heavy atom. The van der Waals surface area contributed by atoms with Gasteiger partial charge in [-0.05, 0) is 31.0 Å². The molecule has 0 aliphatic rings. The minimum absolute atomic E-state index is 0.0378. The van der Waals surface area contributed by atoms with Gasteiger partial charge < -0.3 is 15.7 Å². The van der Waals surface area contributed by atoms with Crippen molar-refractivity contribution in [3.05, 3.63) is 29.8 Å². The highest BCUT2D eigenvalue weighted by molar-refractivity contribution is 5.82. The van der Waals surface area contributed by atoms with Crippen LogP contribution in [0.15, 0.2) is 24.3 Å². The van der Waals surface area contributed by atoms with Crippen LogP contribution >= 0.6 is 0 Å². The van der Waals surface area contributed by atoms with Crippen molar-refractivity contribution in [1.82, 2.24) is 4.90 Å². The summed E-state index contributed by atoms with van der Waals surface area (Å²) < 4.78 is 0. The Morgan fingerprint density at radius 2 is 2.17 bits per heavy atom. The van der Waals surface area contributed by atoms with Gasteiger partial charge in [0.2, 0.25) is 5.91 Å². The van der Waals surface area contributed by atoms with Gasteiger partial charge in [-0.25, -0.2) is 0 Å². The largest absolute Gasteiger partial charge is 0.508 e. The summed E-state index contributed by atoms with van der Waals surface area (Å²) in [6.45, 7) is 4.66. The molecule has 0 saturated carbocycles. The molecule has 1 aromatic rings. The van der Waals surface area contributed by atoms with E-state index in [4.69, 9.17) is 5.73 Å². The number of carbonyl (C=O) groups is 1. The fraction of sp³-hybridized carbons (Fsp3) is 0.500. The summed E-state index contributed by atoms with van der Waals surface area (Å²) in [5.74, 6) is 0.251. The normalized spacial score (nSPS) is 14.0. The molecule has 0 bridgehead atoms. The topological polar surface area (TPSA) is 66.6 Å². The summed E-state index contributed by atoms with van der Waals surface area (Å²) >= 11 is 0. The molecule has 3 N–H and O–H groups in total. The molecule has 4 heteroatoms. The molecule has 0 saturated heterocycles. The Morgan fingerprint density at radius 1 is 1.50 bits per heavy atom. The number of hydrogen-bond acceptors (Lipinski definition) is 3. The Labute approximate surface area is 108 Å². The van der Waals surface area contributed by atoms with Gasteiger partial charge >= 0.3 is 0 Å². The van der Waals surface area contributed by atoms with E-state index in [1.807, 2.05) is 19.9 Å². The first-order valence-corrected chi connectivity index (χ1v) is 6.16. The number of nitrogens with two attached hydrogens (primary N) is 1. The molecule has 0 aliphatic carbocycles. The fourth-order valence-corrected chi connectivity index (χ4v) is 1.84. The van der Waals surface area contributed by atoms with Crippen LogP contribution in [-0.4, -0.2) is 29.5 Å². The molecule has 18 heavy (non-hydrogen) atoms. The molecule has 1 rings (SSSR count). The lowest BCUT2D eigenvalue weighted by Gasteiger charge is -2.30. The fourth-order valence-electron chi connectivity index (χ4n) is 1.84. The molecule has 0 aliphatic heterocycles. The summed E-state index contributed by atoms with van der Waals surface area (Å²) in [6, 6.07) is 6.93. The maximum Gasteiger partial charge on any atom is 0.229 e. The second kappa shape index (κ2) is 5.87. The number of amides is 1. The van der Waals surface area contributed by atoms with E-state index in [0.717, 1.165) is 5.56 Å². The van der Waals surface area contributed by atoms with Gasteiger partial charge in [-0.15, -0.1) is 0 Å². The molecule has 0 spiro atoms. The molecule has 4 nitrogen and oxygen atoms in total. The van der Waals surface area contributed by atoms with E-state index < -0.39 is 5.41 Å². The zero-order valence-electron chi connectivity index (χ0n) is 11.3. The van der Waals surface area contributed by atoms with Crippen molar-refractivity contribution < 1.29 is 9.90 Å². The molecule has 0 fully saturated rings. The van der Waals surface area contributed by atoms with Gasteiger partial charge in [0.25, 0.3) is 0 Å². The van der Waals surface area contributed by atoms with Crippen molar-refractivity contribution >= 4 is 5.91 Å². The maximum atomic E-state index is 12.3. The standard InChI is InChI=1S/C14H22N2O2/c1-4-14(2,10-15)13(18)16(3)9-11-6-5-7-12(17)8-11/h5-8,17H,4,9-10,15H2,1-3H3. The van der Waals surface area contributed by atoms with Crippen LogP contribution in [-0.2, 0) is 11.3 Å². The van der Waals surface area contributed by atoms with Crippen LogP contribution in [0.5, 0.6) is 5.75 Å². The summed E-state index contributed by atoms with van der Waals surface area (Å²) in [5.41, 5.74) is 6.08. The van der Waals surface area contributed by atoms with Crippen molar-refractivity contribution in [2.45, 2.75) is 26.8 Å². The molecule has 1 atom stereocenters. The summed E-state index contributed by atoms with van der Waals surface area (Å²) in [5, 5.41) is 9.39. The smallest absolute Gasteiger partial charge is 0.229 e. The average Bonchev–Trinajstić information content (AvgIpc) is 2.37. The Balaban J connectivity index is 2.77. The zero-order valence-corrected chi connectivity index (χ0v) is 11.3. The number of phenolic OH excluding ortho intramolecular Hbond substituents is 1. The van der Waals surface area contributed by atoms with Gasteiger partial charge in [-0.3, -0.25) is 4.79 Å². The first-order valence-electron chi connectivity index (χ1n) is 6.16. The Bertz CT molecular complexity index is 414. The van der Waals surface area contributed by atoms with Crippen LogP contribution in [0.3, 0.4) is 0 Å². The molecular formula is C14H22N2O2. The second-order valence-electron chi connectivity index (χ2n) is 4.95. The third kappa shape index (κ3) is 3.23. The summed E-state index contributed by atoms with van der Waals surface area (Å²) in [6.07, 6.45) is 0.715. The van der Waals surface area contributed by atoms with Gasteiger partial charge in [0, 0.05) is 20.1 Å². The summed E-state index contributed by atoms with van der Waals surface area (Å²) in [7, 11) is 1.76. The number of rotatable bonds is 5.